The largest absolute Gasteiger partial charge is 0.501 e. The van der Waals surface area contributed by atoms with E-state index in [1.54, 1.807) is 0 Å². The monoisotopic (exact) mass is 809 g/mol. The van der Waals surface area contributed by atoms with Gasteiger partial charge in [0.05, 0.1) is 13.7 Å². The zero-order valence-electron chi connectivity index (χ0n) is 27.4. The molecule has 237 valence electrons. The van der Waals surface area contributed by atoms with Gasteiger partial charge in [0.25, 0.3) is 0 Å². The van der Waals surface area contributed by atoms with Crippen molar-refractivity contribution in [1.29, 1.82) is 0 Å². The first-order chi connectivity index (χ1) is 22.1. The van der Waals surface area contributed by atoms with Gasteiger partial charge in [-0.1, -0.05) is 87.8 Å². The molecule has 4 aromatic heterocycles. The van der Waals surface area contributed by atoms with E-state index in [1.165, 1.54) is 10.8 Å². The van der Waals surface area contributed by atoms with Gasteiger partial charge in [0.2, 0.25) is 0 Å². The van der Waals surface area contributed by atoms with Crippen LogP contribution in [-0.4, -0.2) is 18.0 Å². The van der Waals surface area contributed by atoms with Gasteiger partial charge in [-0.15, -0.1) is 54.1 Å². The molecule has 4 heterocycles. The van der Waals surface area contributed by atoms with Gasteiger partial charge >= 0.3 is 0 Å². The van der Waals surface area contributed by atoms with E-state index in [0.29, 0.717) is 0 Å². The van der Waals surface area contributed by atoms with E-state index in [-0.39, 0.29) is 25.5 Å². The summed E-state index contributed by atoms with van der Waals surface area (Å²) in [6.07, 6.45) is 3.88. The van der Waals surface area contributed by atoms with Crippen LogP contribution in [0.2, 0.25) is 19.6 Å². The molecule has 0 N–H and O–H groups in total. The second-order valence-corrected chi connectivity index (χ2v) is 18.9. The maximum Gasteiger partial charge on any atom is 0.136 e. The van der Waals surface area contributed by atoms with Crippen LogP contribution in [0.25, 0.3) is 66.4 Å². The van der Waals surface area contributed by atoms with Gasteiger partial charge in [-0.3, -0.25) is 0 Å². The van der Waals surface area contributed by atoms with Crippen LogP contribution in [0.4, 0.5) is 0 Å². The van der Waals surface area contributed by atoms with Crippen LogP contribution < -0.4 is 5.19 Å². The van der Waals surface area contributed by atoms with E-state index in [9.17, 15) is 0 Å². The topological polar surface area (TPSA) is 52.1 Å². The smallest absolute Gasteiger partial charge is 0.136 e. The minimum absolute atomic E-state index is 0. The van der Waals surface area contributed by atoms with E-state index >= 15 is 0 Å². The third kappa shape index (κ3) is 6.46. The third-order valence-corrected chi connectivity index (χ3v) is 10.5. The molecule has 8 rings (SSSR count). The number of para-hydroxylation sites is 1. The molecule has 47 heavy (non-hydrogen) atoms. The van der Waals surface area contributed by atoms with Crippen LogP contribution in [-0.2, 0) is 25.5 Å². The zero-order chi connectivity index (χ0) is 32.1. The van der Waals surface area contributed by atoms with Crippen LogP contribution >= 0.6 is 0 Å². The molecule has 1 radical (unpaired) electrons. The van der Waals surface area contributed by atoms with Crippen molar-refractivity contribution in [3.63, 3.8) is 0 Å². The Morgan fingerprint density at radius 2 is 1.38 bits per heavy atom. The number of pyridine rings is 2. The van der Waals surface area contributed by atoms with Crippen molar-refractivity contribution in [3.8, 4) is 22.5 Å². The normalized spacial score (nSPS) is 11.9. The van der Waals surface area contributed by atoms with Gasteiger partial charge in [-0.25, -0.2) is 0 Å². The third-order valence-electron chi connectivity index (χ3n) is 8.43. The fraction of sp³-hybridized carbons (Fsp3) is 0.171. The van der Waals surface area contributed by atoms with Gasteiger partial charge in [0, 0.05) is 48.7 Å². The molecular formula is C41H36IrN2O2Si-2. The summed E-state index contributed by atoms with van der Waals surface area (Å²) in [6.45, 7) is 13.6. The van der Waals surface area contributed by atoms with E-state index in [4.69, 9.17) is 8.83 Å². The number of nitrogens with zero attached hydrogens (tertiary/aromatic N) is 2. The second kappa shape index (κ2) is 12.7. The summed E-state index contributed by atoms with van der Waals surface area (Å²) in [5.74, 6) is 0. The van der Waals surface area contributed by atoms with Gasteiger partial charge in [0.15, 0.2) is 0 Å². The van der Waals surface area contributed by atoms with E-state index in [2.05, 4.69) is 105 Å². The maximum atomic E-state index is 6.38. The quantitative estimate of drug-likeness (QED) is 0.132. The molecule has 0 aliphatic rings. The molecule has 0 unspecified atom stereocenters. The van der Waals surface area contributed by atoms with Crippen molar-refractivity contribution in [3.05, 3.63) is 127 Å². The molecule has 0 aliphatic carbocycles. The van der Waals surface area contributed by atoms with Crippen molar-refractivity contribution in [2.24, 2.45) is 0 Å². The summed E-state index contributed by atoms with van der Waals surface area (Å²) >= 11 is 0. The summed E-state index contributed by atoms with van der Waals surface area (Å²) in [5.41, 5.74) is 8.52. The number of hydrogen-bond acceptors (Lipinski definition) is 4. The van der Waals surface area contributed by atoms with Crippen LogP contribution in [0.15, 0.2) is 118 Å². The summed E-state index contributed by atoms with van der Waals surface area (Å²) in [7, 11) is -1.23. The Hall–Kier alpha value is -4.35. The average molecular weight is 809 g/mol. The fourth-order valence-electron chi connectivity index (χ4n) is 5.73. The van der Waals surface area contributed by atoms with E-state index < -0.39 is 8.07 Å². The Labute approximate surface area is 290 Å². The predicted molar refractivity (Wildman–Crippen MR) is 193 cm³/mol. The standard InChI is InChI=1S/C27H20NO2.C14H16NSi.Ir/c1-27(2,3)16-11-12-28-22(13-16)19-9-6-8-18-21-15-24-20(14-25(21)30-26(18)19)17-7-4-5-10-23(17)29-24;1-16(2,3)13-9-10-14(15-11-13)12-7-5-4-6-8-12;/h4-8,10-15H,1-3H3;4-7,9-11H,1-3H3;/q2*-1;. The van der Waals surface area contributed by atoms with Crippen LogP contribution in [0.3, 0.4) is 0 Å². The maximum absolute atomic E-state index is 6.38. The molecule has 0 atom stereocenters. The molecular weight excluding hydrogens is 773 g/mol. The number of benzene rings is 4. The van der Waals surface area contributed by atoms with Crippen molar-refractivity contribution < 1.29 is 28.9 Å². The Bertz CT molecular complexity index is 2330. The molecule has 4 nitrogen and oxygen atoms in total. The zero-order valence-corrected chi connectivity index (χ0v) is 30.8. The number of aromatic nitrogens is 2. The summed E-state index contributed by atoms with van der Waals surface area (Å²) in [4.78, 5) is 9.14. The first-order valence-corrected chi connectivity index (χ1v) is 19.1. The summed E-state index contributed by atoms with van der Waals surface area (Å²) in [5, 5.41) is 5.65. The minimum Gasteiger partial charge on any atom is -0.501 e. The van der Waals surface area contributed by atoms with E-state index in [0.717, 1.165) is 66.4 Å². The van der Waals surface area contributed by atoms with Crippen molar-refractivity contribution in [2.45, 2.75) is 45.8 Å². The molecule has 0 saturated heterocycles. The first kappa shape index (κ1) is 32.6. The molecule has 0 bridgehead atoms. The Morgan fingerprint density at radius 1 is 0.638 bits per heavy atom. The minimum atomic E-state index is -1.23. The summed E-state index contributed by atoms with van der Waals surface area (Å²) in [6, 6.07) is 39.3. The van der Waals surface area contributed by atoms with Crippen LogP contribution in [0.5, 0.6) is 0 Å². The van der Waals surface area contributed by atoms with Crippen LogP contribution in [0, 0.1) is 12.1 Å². The Kier molecular flexibility index (Phi) is 8.79. The van der Waals surface area contributed by atoms with Crippen molar-refractivity contribution in [2.75, 3.05) is 0 Å². The molecule has 4 aromatic carbocycles. The van der Waals surface area contributed by atoms with Gasteiger partial charge in [-0.2, -0.15) is 0 Å². The average Bonchev–Trinajstić information content (AvgIpc) is 3.61. The Balaban J connectivity index is 0.000000194. The molecule has 0 saturated carbocycles. The number of furan rings is 2. The fourth-order valence-corrected chi connectivity index (χ4v) is 6.77. The van der Waals surface area contributed by atoms with Crippen molar-refractivity contribution in [1.82, 2.24) is 9.97 Å². The number of fused-ring (bicyclic) bond motifs is 6. The molecule has 0 amide bonds. The van der Waals surface area contributed by atoms with Gasteiger partial charge < -0.3 is 18.8 Å². The first-order valence-electron chi connectivity index (χ1n) is 15.6. The van der Waals surface area contributed by atoms with E-state index in [1.807, 2.05) is 67.0 Å². The Morgan fingerprint density at radius 3 is 2.09 bits per heavy atom. The molecule has 0 aliphatic heterocycles. The van der Waals surface area contributed by atoms with Gasteiger partial charge in [-0.05, 0) is 51.8 Å². The number of rotatable bonds is 3. The number of hydrogen-bond donors (Lipinski definition) is 0. The predicted octanol–water partition coefficient (Wildman–Crippen LogP) is 10.7. The second-order valence-electron chi connectivity index (χ2n) is 13.8. The SMILES string of the molecule is CC(C)(C)c1ccnc(-c2[c-]ccc3c2oc2cc4c(cc23)oc2ccccc24)c1.C[Si](C)(C)c1ccc(-c2[c-]cccc2)nc1.[Ir]. The summed E-state index contributed by atoms with van der Waals surface area (Å²) < 4.78 is 12.5. The molecule has 6 heteroatoms. The van der Waals surface area contributed by atoms with Crippen molar-refractivity contribution >= 4 is 57.1 Å². The molecule has 0 spiro atoms. The van der Waals surface area contributed by atoms with Gasteiger partial charge in [0.1, 0.15) is 16.7 Å². The molecule has 8 aromatic rings. The van der Waals surface area contributed by atoms with Crippen LogP contribution in [0.1, 0.15) is 26.3 Å². The molecule has 0 fully saturated rings.